The first kappa shape index (κ1) is 15.3. The van der Waals surface area contributed by atoms with E-state index in [2.05, 4.69) is 52.0 Å². The van der Waals surface area contributed by atoms with Crippen molar-refractivity contribution in [2.45, 2.75) is 71.6 Å². The van der Waals surface area contributed by atoms with Crippen LogP contribution in [0.25, 0.3) is 0 Å². The van der Waals surface area contributed by atoms with Crippen molar-refractivity contribution >= 4 is 0 Å². The topological polar surface area (TPSA) is 0 Å². The maximum Gasteiger partial charge on any atom is -0.00692 e. The van der Waals surface area contributed by atoms with Crippen molar-refractivity contribution in [3.8, 4) is 0 Å². The SMILES string of the molecule is CCCCC(CCCC)C(C)(C)c1[c]cccc1. The minimum absolute atomic E-state index is 0.256. The van der Waals surface area contributed by atoms with E-state index in [1.54, 1.807) is 0 Å². The molecule has 1 rings (SSSR count). The predicted octanol–water partition coefficient (Wildman–Crippen LogP) is 5.76. The van der Waals surface area contributed by atoms with Gasteiger partial charge >= 0.3 is 0 Å². The summed E-state index contributed by atoms with van der Waals surface area (Å²) in [6, 6.07) is 11.9. The average molecular weight is 245 g/mol. The minimum atomic E-state index is 0.256. The molecule has 0 nitrogen and oxygen atoms in total. The third kappa shape index (κ3) is 4.15. The molecule has 0 heteroatoms. The lowest BCUT2D eigenvalue weighted by Crippen LogP contribution is -2.29. The number of hydrogen-bond donors (Lipinski definition) is 0. The fraction of sp³-hybridized carbons (Fsp3) is 0.667. The number of benzene rings is 1. The van der Waals surface area contributed by atoms with Gasteiger partial charge in [0.15, 0.2) is 0 Å². The van der Waals surface area contributed by atoms with Gasteiger partial charge in [-0.05, 0) is 35.8 Å². The van der Waals surface area contributed by atoms with Gasteiger partial charge in [-0.2, -0.15) is 0 Å². The fourth-order valence-corrected chi connectivity index (χ4v) is 2.78. The van der Waals surface area contributed by atoms with E-state index in [1.165, 1.54) is 44.1 Å². The summed E-state index contributed by atoms with van der Waals surface area (Å²) in [5.41, 5.74) is 1.63. The van der Waals surface area contributed by atoms with Gasteiger partial charge in [-0.3, -0.25) is 0 Å². The molecule has 0 spiro atoms. The molecule has 101 valence electrons. The van der Waals surface area contributed by atoms with Gasteiger partial charge in [-0.1, -0.05) is 77.6 Å². The van der Waals surface area contributed by atoms with Crippen LogP contribution in [-0.4, -0.2) is 0 Å². The molecule has 0 bridgehead atoms. The smallest absolute Gasteiger partial charge is 0.00692 e. The maximum atomic E-state index is 3.44. The number of unbranched alkanes of at least 4 members (excludes halogenated alkanes) is 2. The molecule has 0 amide bonds. The lowest BCUT2D eigenvalue weighted by molar-refractivity contribution is 0.267. The molecule has 0 atom stereocenters. The summed E-state index contributed by atoms with van der Waals surface area (Å²) in [5, 5.41) is 0. The van der Waals surface area contributed by atoms with Crippen LogP contribution in [0, 0.1) is 12.0 Å². The van der Waals surface area contributed by atoms with Crippen LogP contribution in [0.4, 0.5) is 0 Å². The lowest BCUT2D eigenvalue weighted by Gasteiger charge is -2.35. The summed E-state index contributed by atoms with van der Waals surface area (Å²) in [5.74, 6) is 0.788. The maximum absolute atomic E-state index is 3.44. The average Bonchev–Trinajstić information content (AvgIpc) is 2.39. The summed E-state index contributed by atoms with van der Waals surface area (Å²) in [4.78, 5) is 0. The zero-order valence-electron chi connectivity index (χ0n) is 12.6. The highest BCUT2D eigenvalue weighted by Crippen LogP contribution is 2.37. The molecule has 1 radical (unpaired) electrons. The predicted molar refractivity (Wildman–Crippen MR) is 80.8 cm³/mol. The van der Waals surface area contributed by atoms with Crippen LogP contribution in [-0.2, 0) is 5.41 Å². The lowest BCUT2D eigenvalue weighted by atomic mass is 9.69. The molecule has 0 aromatic heterocycles. The zero-order valence-corrected chi connectivity index (χ0v) is 12.6. The Hall–Kier alpha value is -0.780. The highest BCUT2D eigenvalue weighted by atomic mass is 14.3. The molecule has 0 aliphatic rings. The molecule has 0 heterocycles. The van der Waals surface area contributed by atoms with E-state index in [0.717, 1.165) is 5.92 Å². The van der Waals surface area contributed by atoms with Gasteiger partial charge in [0.25, 0.3) is 0 Å². The van der Waals surface area contributed by atoms with E-state index in [0.29, 0.717) is 0 Å². The normalized spacial score (nSPS) is 12.1. The first-order valence-electron chi connectivity index (χ1n) is 7.60. The third-order valence-electron chi connectivity index (χ3n) is 4.24. The Balaban J connectivity index is 2.80. The first-order valence-corrected chi connectivity index (χ1v) is 7.60. The summed E-state index contributed by atoms with van der Waals surface area (Å²) in [6.45, 7) is 9.38. The first-order chi connectivity index (χ1) is 8.62. The monoisotopic (exact) mass is 245 g/mol. The Morgan fingerprint density at radius 3 is 2.11 bits per heavy atom. The molecule has 0 N–H and O–H groups in total. The van der Waals surface area contributed by atoms with Gasteiger partial charge in [0, 0.05) is 0 Å². The van der Waals surface area contributed by atoms with Crippen LogP contribution in [0.15, 0.2) is 24.3 Å². The van der Waals surface area contributed by atoms with Crippen molar-refractivity contribution in [1.82, 2.24) is 0 Å². The van der Waals surface area contributed by atoms with E-state index in [1.807, 2.05) is 6.07 Å². The molecular weight excluding hydrogens is 216 g/mol. The van der Waals surface area contributed by atoms with Crippen molar-refractivity contribution in [2.75, 3.05) is 0 Å². The minimum Gasteiger partial charge on any atom is -0.0654 e. The molecule has 0 saturated heterocycles. The Labute approximate surface area is 114 Å². The van der Waals surface area contributed by atoms with Crippen LogP contribution in [0.2, 0.25) is 0 Å². The van der Waals surface area contributed by atoms with E-state index in [9.17, 15) is 0 Å². The molecule has 18 heavy (non-hydrogen) atoms. The van der Waals surface area contributed by atoms with Crippen molar-refractivity contribution in [1.29, 1.82) is 0 Å². The molecule has 0 fully saturated rings. The number of rotatable bonds is 8. The molecular formula is C18H29. The van der Waals surface area contributed by atoms with Gasteiger partial charge < -0.3 is 0 Å². The second kappa shape index (κ2) is 7.61. The van der Waals surface area contributed by atoms with Gasteiger partial charge in [0.05, 0.1) is 0 Å². The highest BCUT2D eigenvalue weighted by molar-refractivity contribution is 5.23. The number of hydrogen-bond acceptors (Lipinski definition) is 0. The second-order valence-corrected chi connectivity index (χ2v) is 5.98. The Kier molecular flexibility index (Phi) is 6.46. The van der Waals surface area contributed by atoms with Crippen molar-refractivity contribution in [2.24, 2.45) is 5.92 Å². The van der Waals surface area contributed by atoms with Crippen LogP contribution < -0.4 is 0 Å². The fourth-order valence-electron chi connectivity index (χ4n) is 2.78. The summed E-state index contributed by atoms with van der Waals surface area (Å²) in [7, 11) is 0. The van der Waals surface area contributed by atoms with Gasteiger partial charge in [-0.15, -0.1) is 0 Å². The Morgan fingerprint density at radius 2 is 1.67 bits per heavy atom. The van der Waals surface area contributed by atoms with E-state index >= 15 is 0 Å². The van der Waals surface area contributed by atoms with Gasteiger partial charge in [0.1, 0.15) is 0 Å². The summed E-state index contributed by atoms with van der Waals surface area (Å²) in [6.07, 6.45) is 8.02. The third-order valence-corrected chi connectivity index (χ3v) is 4.24. The summed E-state index contributed by atoms with van der Waals surface area (Å²) < 4.78 is 0. The van der Waals surface area contributed by atoms with Crippen LogP contribution in [0.5, 0.6) is 0 Å². The quantitative estimate of drug-likeness (QED) is 0.546. The Morgan fingerprint density at radius 1 is 1.06 bits per heavy atom. The Bertz CT molecular complexity index is 302. The van der Waals surface area contributed by atoms with Crippen molar-refractivity contribution in [3.63, 3.8) is 0 Å². The molecule has 0 saturated carbocycles. The van der Waals surface area contributed by atoms with E-state index < -0.39 is 0 Å². The molecule has 1 aromatic carbocycles. The van der Waals surface area contributed by atoms with Gasteiger partial charge in [-0.25, -0.2) is 0 Å². The van der Waals surface area contributed by atoms with Crippen LogP contribution in [0.1, 0.15) is 71.8 Å². The summed E-state index contributed by atoms with van der Waals surface area (Å²) >= 11 is 0. The molecule has 0 unspecified atom stereocenters. The highest BCUT2D eigenvalue weighted by Gasteiger charge is 2.30. The van der Waals surface area contributed by atoms with E-state index in [4.69, 9.17) is 0 Å². The largest absolute Gasteiger partial charge is 0.0654 e. The zero-order chi connectivity index (χ0) is 13.4. The second-order valence-electron chi connectivity index (χ2n) is 5.98. The van der Waals surface area contributed by atoms with Gasteiger partial charge in [0.2, 0.25) is 0 Å². The standard InChI is InChI=1S/C18H29/c1-5-7-12-16(13-8-6-2)18(3,4)17-14-10-9-11-15-17/h9-11,14,16H,5-8,12-13H2,1-4H3. The van der Waals surface area contributed by atoms with Crippen LogP contribution in [0.3, 0.4) is 0 Å². The molecule has 0 aliphatic carbocycles. The van der Waals surface area contributed by atoms with Crippen molar-refractivity contribution < 1.29 is 0 Å². The molecule has 0 aliphatic heterocycles. The van der Waals surface area contributed by atoms with Crippen LogP contribution >= 0.6 is 0 Å². The molecule has 1 aromatic rings. The van der Waals surface area contributed by atoms with Crippen molar-refractivity contribution in [3.05, 3.63) is 35.9 Å². The van der Waals surface area contributed by atoms with E-state index in [-0.39, 0.29) is 5.41 Å².